The predicted molar refractivity (Wildman–Crippen MR) is 108 cm³/mol. The number of alkyl halides is 3. The lowest BCUT2D eigenvalue weighted by atomic mass is 10.1. The first kappa shape index (κ1) is 20.4. The van der Waals surface area contributed by atoms with Gasteiger partial charge in [-0.05, 0) is 42.7 Å². The van der Waals surface area contributed by atoms with Gasteiger partial charge >= 0.3 is 6.18 Å². The van der Waals surface area contributed by atoms with E-state index in [4.69, 9.17) is 4.74 Å². The summed E-state index contributed by atoms with van der Waals surface area (Å²) >= 11 is 1.34. The number of halogens is 3. The lowest BCUT2D eigenvalue weighted by Gasteiger charge is -2.13. The summed E-state index contributed by atoms with van der Waals surface area (Å²) in [7, 11) is 0. The minimum atomic E-state index is -4.40. The van der Waals surface area contributed by atoms with Crippen LogP contribution in [-0.4, -0.2) is 28.9 Å². The minimum Gasteiger partial charge on any atom is -0.488 e. The largest absolute Gasteiger partial charge is 0.488 e. The Morgan fingerprint density at radius 2 is 1.87 bits per heavy atom. The molecule has 0 spiro atoms. The zero-order chi connectivity index (χ0) is 21.1. The van der Waals surface area contributed by atoms with Crippen molar-refractivity contribution in [2.75, 3.05) is 13.1 Å². The molecule has 0 N–H and O–H groups in total. The van der Waals surface area contributed by atoms with E-state index in [9.17, 15) is 18.0 Å². The van der Waals surface area contributed by atoms with Gasteiger partial charge in [0, 0.05) is 18.5 Å². The third kappa shape index (κ3) is 4.48. The molecule has 0 radical (unpaired) electrons. The Hall–Kier alpha value is -2.87. The molecule has 1 amide bonds. The zero-order valence-corrected chi connectivity index (χ0v) is 16.8. The third-order valence-electron chi connectivity index (χ3n) is 4.88. The molecule has 3 aromatic rings. The van der Waals surface area contributed by atoms with Crippen molar-refractivity contribution in [2.24, 2.45) is 0 Å². The molecule has 30 heavy (non-hydrogen) atoms. The van der Waals surface area contributed by atoms with E-state index in [1.54, 1.807) is 28.5 Å². The molecule has 0 bridgehead atoms. The van der Waals surface area contributed by atoms with Crippen LogP contribution in [0.25, 0.3) is 10.6 Å². The Labute approximate surface area is 175 Å². The molecule has 2 aromatic carbocycles. The SMILES string of the molecule is O=C(c1csc(-c2ccccc2OCc2cccc(C(F)(F)F)c2)n1)N1CCCC1. The first-order valence-electron chi connectivity index (χ1n) is 9.55. The third-order valence-corrected chi connectivity index (χ3v) is 5.76. The highest BCUT2D eigenvalue weighted by molar-refractivity contribution is 7.13. The standard InChI is InChI=1S/C22H19F3N2O2S/c23-22(24,25)16-7-5-6-15(12-16)13-29-19-9-2-1-8-17(19)20-26-18(14-30-20)21(28)27-10-3-4-11-27/h1-2,5-9,12,14H,3-4,10-11,13H2. The maximum absolute atomic E-state index is 12.9. The van der Waals surface area contributed by atoms with Crippen LogP contribution in [0.3, 0.4) is 0 Å². The number of carbonyl (C=O) groups is 1. The first-order chi connectivity index (χ1) is 14.4. The zero-order valence-electron chi connectivity index (χ0n) is 16.0. The highest BCUT2D eigenvalue weighted by atomic mass is 32.1. The number of carbonyl (C=O) groups excluding carboxylic acids is 1. The van der Waals surface area contributed by atoms with E-state index in [0.717, 1.165) is 38.1 Å². The number of benzene rings is 2. The number of rotatable bonds is 5. The number of aromatic nitrogens is 1. The number of amides is 1. The highest BCUT2D eigenvalue weighted by Gasteiger charge is 2.30. The molecule has 156 valence electrons. The monoisotopic (exact) mass is 432 g/mol. The predicted octanol–water partition coefficient (Wildman–Crippen LogP) is 5.64. The van der Waals surface area contributed by atoms with Gasteiger partial charge in [-0.3, -0.25) is 4.79 Å². The van der Waals surface area contributed by atoms with Gasteiger partial charge in [-0.25, -0.2) is 4.98 Å². The second-order valence-electron chi connectivity index (χ2n) is 7.02. The highest BCUT2D eigenvalue weighted by Crippen LogP contribution is 2.34. The summed E-state index contributed by atoms with van der Waals surface area (Å²) in [5, 5.41) is 2.37. The van der Waals surface area contributed by atoms with Crippen molar-refractivity contribution in [1.29, 1.82) is 0 Å². The van der Waals surface area contributed by atoms with Crippen LogP contribution in [0.4, 0.5) is 13.2 Å². The van der Waals surface area contributed by atoms with Gasteiger partial charge in [-0.15, -0.1) is 11.3 Å². The number of ether oxygens (including phenoxy) is 1. The minimum absolute atomic E-state index is 0.00806. The molecule has 0 atom stereocenters. The van der Waals surface area contributed by atoms with E-state index >= 15 is 0 Å². The van der Waals surface area contributed by atoms with Gasteiger partial charge < -0.3 is 9.64 Å². The number of nitrogens with zero attached hydrogens (tertiary/aromatic N) is 2. The number of likely N-dealkylation sites (tertiary alicyclic amines) is 1. The molecule has 0 aliphatic carbocycles. The number of para-hydroxylation sites is 1. The fourth-order valence-corrected chi connectivity index (χ4v) is 4.17. The Kier molecular flexibility index (Phi) is 5.76. The number of hydrogen-bond donors (Lipinski definition) is 0. The summed E-state index contributed by atoms with van der Waals surface area (Å²) in [5.41, 5.74) is 0.824. The second-order valence-corrected chi connectivity index (χ2v) is 7.88. The van der Waals surface area contributed by atoms with Gasteiger partial charge in [-0.1, -0.05) is 24.3 Å². The molecular formula is C22H19F3N2O2S. The molecule has 1 aromatic heterocycles. The molecule has 0 unspecified atom stereocenters. The van der Waals surface area contributed by atoms with Gasteiger partial charge in [0.05, 0.1) is 11.1 Å². The molecule has 4 rings (SSSR count). The van der Waals surface area contributed by atoms with E-state index < -0.39 is 11.7 Å². The molecule has 1 saturated heterocycles. The van der Waals surface area contributed by atoms with Crippen molar-refractivity contribution in [2.45, 2.75) is 25.6 Å². The number of thiazole rings is 1. The molecule has 1 fully saturated rings. The summed E-state index contributed by atoms with van der Waals surface area (Å²) in [6.07, 6.45) is -2.38. The first-order valence-corrected chi connectivity index (χ1v) is 10.4. The quantitative estimate of drug-likeness (QED) is 0.524. The van der Waals surface area contributed by atoms with Crippen molar-refractivity contribution in [3.05, 3.63) is 70.7 Å². The maximum Gasteiger partial charge on any atom is 0.416 e. The van der Waals surface area contributed by atoms with Crippen molar-refractivity contribution < 1.29 is 22.7 Å². The maximum atomic E-state index is 12.9. The smallest absolute Gasteiger partial charge is 0.416 e. The second kappa shape index (κ2) is 8.47. The molecule has 8 heteroatoms. The summed E-state index contributed by atoms with van der Waals surface area (Å²) in [5.74, 6) is 0.432. The van der Waals surface area contributed by atoms with Gasteiger partial charge in [0.25, 0.3) is 5.91 Å². The van der Waals surface area contributed by atoms with Crippen molar-refractivity contribution in [3.63, 3.8) is 0 Å². The fraction of sp³-hybridized carbons (Fsp3) is 0.273. The van der Waals surface area contributed by atoms with E-state index in [2.05, 4.69) is 4.98 Å². The Bertz CT molecular complexity index is 1040. The van der Waals surface area contributed by atoms with E-state index in [-0.39, 0.29) is 12.5 Å². The van der Waals surface area contributed by atoms with Gasteiger partial charge in [0.15, 0.2) is 0 Å². The number of hydrogen-bond acceptors (Lipinski definition) is 4. The fourth-order valence-electron chi connectivity index (χ4n) is 3.35. The summed E-state index contributed by atoms with van der Waals surface area (Å²) < 4.78 is 44.6. The molecular weight excluding hydrogens is 413 g/mol. The van der Waals surface area contributed by atoms with E-state index in [1.165, 1.54) is 17.4 Å². The van der Waals surface area contributed by atoms with Crippen LogP contribution in [0.15, 0.2) is 53.9 Å². The van der Waals surface area contributed by atoms with Crippen LogP contribution in [0.2, 0.25) is 0 Å². The molecule has 2 heterocycles. The van der Waals surface area contributed by atoms with Crippen LogP contribution >= 0.6 is 11.3 Å². The lowest BCUT2D eigenvalue weighted by Crippen LogP contribution is -2.27. The van der Waals surface area contributed by atoms with Crippen LogP contribution in [-0.2, 0) is 12.8 Å². The lowest BCUT2D eigenvalue weighted by molar-refractivity contribution is -0.137. The van der Waals surface area contributed by atoms with Crippen molar-refractivity contribution >= 4 is 17.2 Å². The van der Waals surface area contributed by atoms with Crippen LogP contribution < -0.4 is 4.74 Å². The van der Waals surface area contributed by atoms with Crippen molar-refractivity contribution in [3.8, 4) is 16.3 Å². The van der Waals surface area contributed by atoms with Gasteiger partial charge in [-0.2, -0.15) is 13.2 Å². The van der Waals surface area contributed by atoms with Crippen LogP contribution in [0.1, 0.15) is 34.5 Å². The molecule has 1 aliphatic heterocycles. The Morgan fingerprint density at radius 1 is 1.10 bits per heavy atom. The summed E-state index contributed by atoms with van der Waals surface area (Å²) in [4.78, 5) is 18.8. The van der Waals surface area contributed by atoms with Gasteiger partial charge in [0.2, 0.25) is 0 Å². The van der Waals surface area contributed by atoms with Crippen LogP contribution in [0.5, 0.6) is 5.75 Å². The summed E-state index contributed by atoms with van der Waals surface area (Å²) in [6, 6.07) is 12.3. The van der Waals surface area contributed by atoms with E-state index in [1.807, 2.05) is 12.1 Å². The topological polar surface area (TPSA) is 42.4 Å². The Morgan fingerprint density at radius 3 is 2.63 bits per heavy atom. The normalized spacial score (nSPS) is 14.2. The average molecular weight is 432 g/mol. The van der Waals surface area contributed by atoms with E-state index in [0.29, 0.717) is 27.6 Å². The Balaban J connectivity index is 1.52. The van der Waals surface area contributed by atoms with Gasteiger partial charge in [0.1, 0.15) is 23.1 Å². The van der Waals surface area contributed by atoms with Crippen LogP contribution in [0, 0.1) is 0 Å². The molecule has 0 saturated carbocycles. The average Bonchev–Trinajstić information content (AvgIpc) is 3.44. The molecule has 1 aliphatic rings. The summed E-state index contributed by atoms with van der Waals surface area (Å²) in [6.45, 7) is 1.50. The molecule has 4 nitrogen and oxygen atoms in total. The van der Waals surface area contributed by atoms with Crippen molar-refractivity contribution in [1.82, 2.24) is 9.88 Å².